The quantitative estimate of drug-likeness (QED) is 0.757. The Morgan fingerprint density at radius 3 is 3.19 bits per heavy atom. The van der Waals surface area contributed by atoms with E-state index in [-0.39, 0.29) is 0 Å². The lowest BCUT2D eigenvalue weighted by molar-refractivity contribution is 0.515. The number of nitrogens with one attached hydrogen (secondary N) is 1. The zero-order valence-electron chi connectivity index (χ0n) is 9.47. The number of nitrogens with zero attached hydrogens (tertiary/aromatic N) is 2. The third-order valence-electron chi connectivity index (χ3n) is 2.65. The van der Waals surface area contributed by atoms with Gasteiger partial charge in [0.25, 0.3) is 0 Å². The average Bonchev–Trinajstić information content (AvgIpc) is 2.96. The fraction of sp³-hybridized carbons (Fsp3) is 0.417. The van der Waals surface area contributed by atoms with Gasteiger partial charge in [-0.2, -0.15) is 0 Å². The van der Waals surface area contributed by atoms with Crippen LogP contribution in [0.25, 0.3) is 0 Å². The molecular weight excluding hydrogens is 202 g/mol. The van der Waals surface area contributed by atoms with Gasteiger partial charge in [-0.15, -0.1) is 0 Å². The van der Waals surface area contributed by atoms with Crippen LogP contribution in [0.5, 0.6) is 0 Å². The minimum absolute atomic E-state index is 0.349. The van der Waals surface area contributed by atoms with Gasteiger partial charge >= 0.3 is 0 Å². The molecule has 0 aliphatic carbocycles. The van der Waals surface area contributed by atoms with Crippen molar-refractivity contribution in [3.63, 3.8) is 0 Å². The van der Waals surface area contributed by atoms with Gasteiger partial charge in [-0.3, -0.25) is 0 Å². The van der Waals surface area contributed by atoms with Gasteiger partial charge < -0.3 is 14.3 Å². The zero-order chi connectivity index (χ0) is 11.2. The Kier molecular flexibility index (Phi) is 3.77. The molecule has 1 N–H and O–H groups in total. The molecule has 4 heteroatoms. The van der Waals surface area contributed by atoms with E-state index in [2.05, 4.69) is 21.8 Å². The topological polar surface area (TPSA) is 43.0 Å². The number of hydrogen-bond donors (Lipinski definition) is 1. The van der Waals surface area contributed by atoms with Crippen LogP contribution in [0.4, 0.5) is 0 Å². The van der Waals surface area contributed by atoms with Crippen molar-refractivity contribution in [1.29, 1.82) is 0 Å². The number of aromatic nitrogens is 2. The Morgan fingerprint density at radius 2 is 2.50 bits per heavy atom. The summed E-state index contributed by atoms with van der Waals surface area (Å²) >= 11 is 0. The van der Waals surface area contributed by atoms with Crippen molar-refractivity contribution in [2.45, 2.75) is 25.9 Å². The van der Waals surface area contributed by atoms with E-state index < -0.39 is 0 Å². The fourth-order valence-corrected chi connectivity index (χ4v) is 1.64. The molecule has 0 amide bonds. The largest absolute Gasteiger partial charge is 0.472 e. The van der Waals surface area contributed by atoms with Crippen molar-refractivity contribution in [3.05, 3.63) is 42.9 Å². The van der Waals surface area contributed by atoms with Crippen LogP contribution in [0, 0.1) is 0 Å². The Bertz CT molecular complexity index is 380. The van der Waals surface area contributed by atoms with Crippen LogP contribution in [0.3, 0.4) is 0 Å². The molecule has 2 aromatic rings. The second-order valence-corrected chi connectivity index (χ2v) is 3.89. The van der Waals surface area contributed by atoms with E-state index in [1.807, 2.05) is 24.8 Å². The summed E-state index contributed by atoms with van der Waals surface area (Å²) in [7, 11) is 0. The molecule has 1 unspecified atom stereocenters. The lowest BCUT2D eigenvalue weighted by Crippen LogP contribution is -2.20. The van der Waals surface area contributed by atoms with Gasteiger partial charge in [0.1, 0.15) is 0 Å². The Labute approximate surface area is 95.3 Å². The predicted molar refractivity (Wildman–Crippen MR) is 62.0 cm³/mol. The Balaban J connectivity index is 1.65. The Hall–Kier alpha value is -1.55. The maximum atomic E-state index is 5.05. The van der Waals surface area contributed by atoms with E-state index in [0.717, 1.165) is 19.5 Å². The summed E-state index contributed by atoms with van der Waals surface area (Å²) in [5, 5.41) is 3.45. The zero-order valence-corrected chi connectivity index (χ0v) is 9.47. The molecule has 0 saturated heterocycles. The van der Waals surface area contributed by atoms with Crippen LogP contribution in [-0.4, -0.2) is 16.1 Å². The van der Waals surface area contributed by atoms with Crippen molar-refractivity contribution >= 4 is 0 Å². The molecule has 4 nitrogen and oxygen atoms in total. The third kappa shape index (κ3) is 2.97. The molecule has 0 spiro atoms. The van der Waals surface area contributed by atoms with Crippen LogP contribution >= 0.6 is 0 Å². The minimum Gasteiger partial charge on any atom is -0.472 e. The maximum Gasteiger partial charge on any atom is 0.0950 e. The summed E-state index contributed by atoms with van der Waals surface area (Å²) in [6.07, 6.45) is 10.2. The summed E-state index contributed by atoms with van der Waals surface area (Å²) in [6, 6.07) is 2.34. The SMILES string of the molecule is CC(NCCCn1ccnc1)c1ccoc1. The second-order valence-electron chi connectivity index (χ2n) is 3.89. The van der Waals surface area contributed by atoms with E-state index in [9.17, 15) is 0 Å². The molecular formula is C12H17N3O. The summed E-state index contributed by atoms with van der Waals surface area (Å²) < 4.78 is 7.14. The molecule has 0 aliphatic heterocycles. The number of furan rings is 1. The summed E-state index contributed by atoms with van der Waals surface area (Å²) in [6.45, 7) is 4.14. The second kappa shape index (κ2) is 5.51. The normalized spacial score (nSPS) is 12.8. The highest BCUT2D eigenvalue weighted by Crippen LogP contribution is 2.11. The molecule has 2 rings (SSSR count). The maximum absolute atomic E-state index is 5.05. The van der Waals surface area contributed by atoms with Gasteiger partial charge in [-0.1, -0.05) is 0 Å². The first kappa shape index (κ1) is 11.0. The van der Waals surface area contributed by atoms with Crippen molar-refractivity contribution in [2.75, 3.05) is 6.54 Å². The van der Waals surface area contributed by atoms with Crippen LogP contribution in [-0.2, 0) is 6.54 Å². The van der Waals surface area contributed by atoms with E-state index >= 15 is 0 Å². The number of hydrogen-bond acceptors (Lipinski definition) is 3. The number of rotatable bonds is 6. The van der Waals surface area contributed by atoms with Crippen LogP contribution < -0.4 is 5.32 Å². The first-order valence-electron chi connectivity index (χ1n) is 5.57. The average molecular weight is 219 g/mol. The van der Waals surface area contributed by atoms with Crippen molar-refractivity contribution in [1.82, 2.24) is 14.9 Å². The van der Waals surface area contributed by atoms with Crippen molar-refractivity contribution in [2.24, 2.45) is 0 Å². The molecule has 16 heavy (non-hydrogen) atoms. The summed E-state index contributed by atoms with van der Waals surface area (Å²) in [5.74, 6) is 0. The van der Waals surface area contributed by atoms with E-state index in [0.29, 0.717) is 6.04 Å². The molecule has 0 bridgehead atoms. The van der Waals surface area contributed by atoms with E-state index in [1.165, 1.54) is 5.56 Å². The van der Waals surface area contributed by atoms with Gasteiger partial charge in [0, 0.05) is 30.5 Å². The van der Waals surface area contributed by atoms with Gasteiger partial charge in [0.15, 0.2) is 0 Å². The van der Waals surface area contributed by atoms with Crippen molar-refractivity contribution in [3.8, 4) is 0 Å². The van der Waals surface area contributed by atoms with E-state index in [1.54, 1.807) is 12.5 Å². The molecule has 0 radical (unpaired) electrons. The molecule has 86 valence electrons. The monoisotopic (exact) mass is 219 g/mol. The van der Waals surface area contributed by atoms with Gasteiger partial charge in [0.2, 0.25) is 0 Å². The van der Waals surface area contributed by atoms with Gasteiger partial charge in [0.05, 0.1) is 18.9 Å². The lowest BCUT2D eigenvalue weighted by atomic mass is 10.2. The highest BCUT2D eigenvalue weighted by Gasteiger charge is 2.04. The standard InChI is InChI=1S/C12H17N3O/c1-11(12-3-8-16-9-12)14-4-2-6-15-7-5-13-10-15/h3,5,7-11,14H,2,4,6H2,1H3. The van der Waals surface area contributed by atoms with Crippen molar-refractivity contribution < 1.29 is 4.42 Å². The van der Waals surface area contributed by atoms with Gasteiger partial charge in [-0.05, 0) is 26.0 Å². The third-order valence-corrected chi connectivity index (χ3v) is 2.65. The molecule has 2 aromatic heterocycles. The number of imidazole rings is 1. The highest BCUT2D eigenvalue weighted by atomic mass is 16.3. The summed E-state index contributed by atoms with van der Waals surface area (Å²) in [4.78, 5) is 4.01. The Morgan fingerprint density at radius 1 is 1.56 bits per heavy atom. The lowest BCUT2D eigenvalue weighted by Gasteiger charge is -2.11. The molecule has 0 saturated carbocycles. The molecule has 1 atom stereocenters. The predicted octanol–water partition coefficient (Wildman–Crippen LogP) is 2.22. The van der Waals surface area contributed by atoms with Crippen LogP contribution in [0.15, 0.2) is 41.7 Å². The van der Waals surface area contributed by atoms with E-state index in [4.69, 9.17) is 4.42 Å². The molecule has 0 aromatic carbocycles. The first-order valence-corrected chi connectivity index (χ1v) is 5.57. The first-order chi connectivity index (χ1) is 7.86. The fourth-order valence-electron chi connectivity index (χ4n) is 1.64. The molecule has 0 aliphatic rings. The summed E-state index contributed by atoms with van der Waals surface area (Å²) in [5.41, 5.74) is 1.20. The number of aryl methyl sites for hydroxylation is 1. The minimum atomic E-state index is 0.349. The van der Waals surface area contributed by atoms with Crippen LogP contribution in [0.2, 0.25) is 0 Å². The molecule has 2 heterocycles. The van der Waals surface area contributed by atoms with Crippen LogP contribution in [0.1, 0.15) is 24.9 Å². The smallest absolute Gasteiger partial charge is 0.0950 e. The van der Waals surface area contributed by atoms with Gasteiger partial charge in [-0.25, -0.2) is 4.98 Å². The molecule has 0 fully saturated rings. The highest BCUT2D eigenvalue weighted by molar-refractivity contribution is 5.09.